The fourth-order valence-corrected chi connectivity index (χ4v) is 0.818. The molecular weight excluding hydrogens is 180 g/mol. The molecule has 1 rings (SSSR count). The van der Waals surface area contributed by atoms with Crippen LogP contribution < -0.4 is 0 Å². The summed E-state index contributed by atoms with van der Waals surface area (Å²) < 4.78 is 0. The van der Waals surface area contributed by atoms with Crippen molar-refractivity contribution in [1.29, 1.82) is 0 Å². The van der Waals surface area contributed by atoms with Gasteiger partial charge in [0, 0.05) is 0 Å². The molecule has 15 heavy (non-hydrogen) atoms. The monoisotopic (exact) mass is 204 g/mol. The molecule has 0 heterocycles. The summed E-state index contributed by atoms with van der Waals surface area (Å²) in [6, 6.07) is 10.3. The van der Waals surface area contributed by atoms with E-state index in [-0.39, 0.29) is 0 Å². The van der Waals surface area contributed by atoms with Crippen LogP contribution in [0.3, 0.4) is 0 Å². The van der Waals surface area contributed by atoms with E-state index in [9.17, 15) is 0 Å². The zero-order valence-electron chi connectivity index (χ0n) is 10.5. The van der Waals surface area contributed by atoms with Crippen LogP contribution >= 0.6 is 0 Å². The van der Waals surface area contributed by atoms with Crippen LogP contribution in [0.2, 0.25) is 0 Å². The van der Waals surface area contributed by atoms with Gasteiger partial charge in [-0.25, -0.2) is 0 Å². The molecule has 0 fully saturated rings. The zero-order chi connectivity index (χ0) is 11.9. The predicted molar refractivity (Wildman–Crippen MR) is 73.0 cm³/mol. The number of rotatable bonds is 2. The van der Waals surface area contributed by atoms with Gasteiger partial charge >= 0.3 is 0 Å². The molecule has 0 nitrogen and oxygen atoms in total. The molecule has 0 atom stereocenters. The molecule has 0 saturated heterocycles. The zero-order valence-corrected chi connectivity index (χ0v) is 10.5. The Balaban J connectivity index is 0. The van der Waals surface area contributed by atoms with Crippen LogP contribution in [-0.2, 0) is 0 Å². The summed E-state index contributed by atoms with van der Waals surface area (Å²) >= 11 is 0. The maximum Gasteiger partial charge on any atom is -0.0260 e. The molecule has 0 spiro atoms. The highest BCUT2D eigenvalue weighted by Gasteiger charge is 1.78. The smallest absolute Gasteiger partial charge is 0.0260 e. The highest BCUT2D eigenvalue weighted by atomic mass is 13.8. The SMILES string of the molecule is C=CC.CC.CC/C=C/c1ccccc1. The minimum atomic E-state index is 1.11. The first-order valence-electron chi connectivity index (χ1n) is 5.63. The molecular formula is C15H24. The first-order chi connectivity index (χ1) is 7.35. The predicted octanol–water partition coefficient (Wildman–Crippen LogP) is 5.33. The second-order valence-electron chi connectivity index (χ2n) is 2.63. The van der Waals surface area contributed by atoms with Crippen molar-refractivity contribution in [3.63, 3.8) is 0 Å². The summed E-state index contributed by atoms with van der Waals surface area (Å²) in [6.07, 6.45) is 7.16. The van der Waals surface area contributed by atoms with Gasteiger partial charge in [0.25, 0.3) is 0 Å². The van der Waals surface area contributed by atoms with Gasteiger partial charge in [0.2, 0.25) is 0 Å². The number of hydrogen-bond acceptors (Lipinski definition) is 0. The third-order valence-corrected chi connectivity index (χ3v) is 1.35. The Labute approximate surface area is 95.3 Å². The average Bonchev–Trinajstić information content (AvgIpc) is 2.31. The van der Waals surface area contributed by atoms with E-state index in [4.69, 9.17) is 0 Å². The van der Waals surface area contributed by atoms with Crippen LogP contribution in [0.15, 0.2) is 49.1 Å². The molecule has 84 valence electrons. The van der Waals surface area contributed by atoms with E-state index in [1.54, 1.807) is 6.08 Å². The van der Waals surface area contributed by atoms with E-state index in [2.05, 4.69) is 49.9 Å². The third-order valence-electron chi connectivity index (χ3n) is 1.35. The Bertz CT molecular complexity index is 231. The maximum atomic E-state index is 3.36. The Kier molecular flexibility index (Phi) is 16.3. The first kappa shape index (κ1) is 16.1. The van der Waals surface area contributed by atoms with Crippen molar-refractivity contribution in [2.24, 2.45) is 0 Å². The Hall–Kier alpha value is -1.30. The van der Waals surface area contributed by atoms with E-state index >= 15 is 0 Å². The molecule has 0 aliphatic rings. The lowest BCUT2D eigenvalue weighted by Crippen LogP contribution is -1.66. The van der Waals surface area contributed by atoms with Gasteiger partial charge in [0.05, 0.1) is 0 Å². The molecule has 0 aliphatic heterocycles. The van der Waals surface area contributed by atoms with Crippen molar-refractivity contribution in [2.75, 3.05) is 0 Å². The highest BCUT2D eigenvalue weighted by molar-refractivity contribution is 5.48. The van der Waals surface area contributed by atoms with Crippen molar-refractivity contribution in [1.82, 2.24) is 0 Å². The van der Waals surface area contributed by atoms with Crippen LogP contribution in [0.1, 0.15) is 39.7 Å². The second-order valence-corrected chi connectivity index (χ2v) is 2.63. The van der Waals surface area contributed by atoms with Gasteiger partial charge in [0.15, 0.2) is 0 Å². The third kappa shape index (κ3) is 12.7. The lowest BCUT2D eigenvalue weighted by atomic mass is 10.2. The average molecular weight is 204 g/mol. The van der Waals surface area contributed by atoms with Crippen molar-refractivity contribution >= 4 is 6.08 Å². The van der Waals surface area contributed by atoms with E-state index in [0.29, 0.717) is 0 Å². The molecule has 0 bridgehead atoms. The molecule has 0 N–H and O–H groups in total. The summed E-state index contributed by atoms with van der Waals surface area (Å²) in [6.45, 7) is 11.4. The molecule has 0 aromatic heterocycles. The fourth-order valence-electron chi connectivity index (χ4n) is 0.818. The van der Waals surface area contributed by atoms with Gasteiger partial charge in [0.1, 0.15) is 0 Å². The van der Waals surface area contributed by atoms with Crippen molar-refractivity contribution < 1.29 is 0 Å². The second kappa shape index (κ2) is 15.2. The van der Waals surface area contributed by atoms with Gasteiger partial charge < -0.3 is 0 Å². The van der Waals surface area contributed by atoms with Gasteiger partial charge in [-0.2, -0.15) is 0 Å². The van der Waals surface area contributed by atoms with Gasteiger partial charge in [-0.15, -0.1) is 6.58 Å². The number of hydrogen-bond donors (Lipinski definition) is 0. The molecule has 0 aliphatic carbocycles. The van der Waals surface area contributed by atoms with Crippen molar-refractivity contribution in [2.45, 2.75) is 34.1 Å². The largest absolute Gasteiger partial charge is 0.103 e. The molecule has 0 saturated carbocycles. The van der Waals surface area contributed by atoms with Crippen LogP contribution in [0, 0.1) is 0 Å². The van der Waals surface area contributed by atoms with E-state index in [0.717, 1.165) is 6.42 Å². The van der Waals surface area contributed by atoms with Crippen LogP contribution in [0.25, 0.3) is 6.08 Å². The minimum Gasteiger partial charge on any atom is -0.103 e. The molecule has 1 aromatic rings. The molecule has 1 aromatic carbocycles. The Morgan fingerprint density at radius 2 is 1.60 bits per heavy atom. The minimum absolute atomic E-state index is 1.11. The Morgan fingerprint density at radius 3 is 2.00 bits per heavy atom. The van der Waals surface area contributed by atoms with E-state index in [1.165, 1.54) is 5.56 Å². The topological polar surface area (TPSA) is 0 Å². The van der Waals surface area contributed by atoms with Gasteiger partial charge in [-0.3, -0.25) is 0 Å². The lowest BCUT2D eigenvalue weighted by Gasteiger charge is -1.88. The maximum absolute atomic E-state index is 3.36. The van der Waals surface area contributed by atoms with E-state index < -0.39 is 0 Å². The number of allylic oxidation sites excluding steroid dienone is 2. The van der Waals surface area contributed by atoms with Crippen LogP contribution in [0.4, 0.5) is 0 Å². The van der Waals surface area contributed by atoms with Crippen molar-refractivity contribution in [3.05, 3.63) is 54.6 Å². The summed E-state index contributed by atoms with van der Waals surface area (Å²) in [5.41, 5.74) is 1.28. The lowest BCUT2D eigenvalue weighted by molar-refractivity contribution is 1.23. The molecule has 0 heteroatoms. The highest BCUT2D eigenvalue weighted by Crippen LogP contribution is 2.00. The summed E-state index contributed by atoms with van der Waals surface area (Å²) in [7, 11) is 0. The fraction of sp³-hybridized carbons (Fsp3) is 0.333. The molecule has 0 unspecified atom stereocenters. The number of benzene rings is 1. The van der Waals surface area contributed by atoms with Crippen LogP contribution in [0.5, 0.6) is 0 Å². The van der Waals surface area contributed by atoms with Crippen LogP contribution in [-0.4, -0.2) is 0 Å². The quantitative estimate of drug-likeness (QED) is 0.571. The van der Waals surface area contributed by atoms with Crippen molar-refractivity contribution in [3.8, 4) is 0 Å². The first-order valence-corrected chi connectivity index (χ1v) is 5.63. The summed E-state index contributed by atoms with van der Waals surface area (Å²) in [5, 5.41) is 0. The standard InChI is InChI=1S/C10H12.C3H6.C2H6/c1-2-3-7-10-8-5-4-6-9-10;1-3-2;1-2/h3-9H,2H2,1H3;3H,1H2,2H3;1-2H3/b7-3+;;. The van der Waals surface area contributed by atoms with E-state index in [1.807, 2.05) is 26.8 Å². The molecule has 0 radical (unpaired) electrons. The normalized spacial score (nSPS) is 8.27. The van der Waals surface area contributed by atoms with Gasteiger partial charge in [-0.1, -0.05) is 69.3 Å². The van der Waals surface area contributed by atoms with Gasteiger partial charge in [-0.05, 0) is 18.9 Å². The Morgan fingerprint density at radius 1 is 1.13 bits per heavy atom. The molecule has 0 amide bonds. The summed E-state index contributed by atoms with van der Waals surface area (Å²) in [4.78, 5) is 0. The summed E-state index contributed by atoms with van der Waals surface area (Å²) in [5.74, 6) is 0.